The molecule has 0 aliphatic heterocycles. The fourth-order valence-corrected chi connectivity index (χ4v) is 11.6. The lowest BCUT2D eigenvalue weighted by atomic mass is 10.1. The predicted octanol–water partition coefficient (Wildman–Crippen LogP) is 13.1. The first-order chi connectivity index (χ1) is 22.2. The van der Waals surface area contributed by atoms with Crippen molar-refractivity contribution in [3.8, 4) is 11.4 Å². The average Bonchev–Trinajstić information content (AvgIpc) is 3.86. The fraction of sp³-hybridized carbons (Fsp3) is 0.200. The van der Waals surface area contributed by atoms with E-state index in [9.17, 15) is 0 Å². The Morgan fingerprint density at radius 3 is 1.27 bits per heavy atom. The van der Waals surface area contributed by atoms with Gasteiger partial charge in [-0.1, -0.05) is 87.4 Å². The van der Waals surface area contributed by atoms with Crippen LogP contribution >= 0.6 is 34.0 Å². The van der Waals surface area contributed by atoms with Crippen molar-refractivity contribution in [3.05, 3.63) is 108 Å². The van der Waals surface area contributed by atoms with E-state index in [4.69, 9.17) is 0 Å². The summed E-state index contributed by atoms with van der Waals surface area (Å²) < 4.78 is 13.5. The summed E-state index contributed by atoms with van der Waals surface area (Å²) in [6, 6.07) is 36.6. The number of aryl methyl sites for hydroxylation is 2. The van der Waals surface area contributed by atoms with E-state index in [1.165, 1.54) is 109 Å². The van der Waals surface area contributed by atoms with E-state index in [-0.39, 0.29) is 0 Å². The zero-order valence-electron chi connectivity index (χ0n) is 25.6. The van der Waals surface area contributed by atoms with Crippen molar-refractivity contribution in [1.82, 2.24) is 9.13 Å². The van der Waals surface area contributed by atoms with Gasteiger partial charge in [-0.3, -0.25) is 0 Å². The van der Waals surface area contributed by atoms with E-state index in [1.54, 1.807) is 0 Å². The van der Waals surface area contributed by atoms with Crippen molar-refractivity contribution in [2.45, 2.75) is 52.4 Å². The highest BCUT2D eigenvalue weighted by atomic mass is 32.1. The molecule has 9 aromatic rings. The number of nitrogens with zero attached hydrogens (tertiary/aromatic N) is 2. The van der Waals surface area contributed by atoms with Crippen molar-refractivity contribution < 1.29 is 0 Å². The Bertz CT molecular complexity index is 2320. The Morgan fingerprint density at radius 2 is 0.844 bits per heavy atom. The highest BCUT2D eigenvalue weighted by Crippen LogP contribution is 2.54. The molecule has 0 aliphatic carbocycles. The fourth-order valence-electron chi connectivity index (χ4n) is 7.06. The van der Waals surface area contributed by atoms with Crippen LogP contribution in [0.5, 0.6) is 0 Å². The summed E-state index contributed by atoms with van der Waals surface area (Å²) >= 11 is 5.96. The van der Waals surface area contributed by atoms with Gasteiger partial charge in [0, 0.05) is 22.1 Å². The van der Waals surface area contributed by atoms with Crippen LogP contribution in [0.25, 0.3) is 72.4 Å². The molecule has 0 amide bonds. The van der Waals surface area contributed by atoms with Gasteiger partial charge in [-0.15, -0.1) is 34.0 Å². The summed E-state index contributed by atoms with van der Waals surface area (Å²) in [4.78, 5) is 0. The van der Waals surface area contributed by atoms with Gasteiger partial charge in [0.2, 0.25) is 0 Å². The average molecular weight is 639 g/mol. The molecule has 4 aromatic carbocycles. The standard InChI is InChI=1S/C40H34N2S3/c1-3-5-11-25-17-21-27(22-18-25)41-31-15-9-7-13-29(31)35-33(41)37-39(43-35)40-38(45-37)34-36(44-40)30-14-8-10-16-32(30)42(34)28-23-19-26(20-24-28)12-6-4-2/h7-10,13-24H,3-6,11-12H2,1-2H3. The number of benzene rings is 4. The van der Waals surface area contributed by atoms with Crippen LogP contribution < -0.4 is 0 Å². The largest absolute Gasteiger partial charge is 0.307 e. The summed E-state index contributed by atoms with van der Waals surface area (Å²) in [5.74, 6) is 0. The molecule has 5 aromatic heterocycles. The molecule has 0 fully saturated rings. The first kappa shape index (κ1) is 27.4. The third-order valence-electron chi connectivity index (χ3n) is 9.34. The molecule has 0 spiro atoms. The molecule has 0 aliphatic rings. The van der Waals surface area contributed by atoms with Gasteiger partial charge in [-0.05, 0) is 73.2 Å². The Balaban J connectivity index is 1.30. The maximum atomic E-state index is 2.52. The van der Waals surface area contributed by atoms with Gasteiger partial charge in [0.1, 0.15) is 0 Å². The van der Waals surface area contributed by atoms with Crippen LogP contribution in [0.4, 0.5) is 0 Å². The van der Waals surface area contributed by atoms with E-state index in [1.807, 2.05) is 34.0 Å². The van der Waals surface area contributed by atoms with Crippen molar-refractivity contribution in [2.75, 3.05) is 0 Å². The quantitative estimate of drug-likeness (QED) is 0.157. The summed E-state index contributed by atoms with van der Waals surface area (Å²) in [5, 5.41) is 2.70. The SMILES string of the molecule is CCCCc1ccc(-n2c3ccccc3c3sc4c5sc6c7ccccc7n(-c7ccc(CCCC)cc7)c6c5sc4c32)cc1. The molecule has 0 unspecified atom stereocenters. The van der Waals surface area contributed by atoms with Gasteiger partial charge in [-0.2, -0.15) is 0 Å². The molecule has 0 saturated heterocycles. The topological polar surface area (TPSA) is 9.86 Å². The zero-order valence-corrected chi connectivity index (χ0v) is 28.0. The summed E-state index contributed by atoms with van der Waals surface area (Å²) in [5.41, 5.74) is 10.7. The van der Waals surface area contributed by atoms with Gasteiger partial charge in [-0.25, -0.2) is 0 Å². The van der Waals surface area contributed by atoms with Crippen LogP contribution in [0.15, 0.2) is 97.1 Å². The molecule has 0 N–H and O–H groups in total. The lowest BCUT2D eigenvalue weighted by Gasteiger charge is -2.09. The summed E-state index contributed by atoms with van der Waals surface area (Å²) in [7, 11) is 0. The van der Waals surface area contributed by atoms with Crippen molar-refractivity contribution in [3.63, 3.8) is 0 Å². The van der Waals surface area contributed by atoms with Gasteiger partial charge in [0.25, 0.3) is 0 Å². The van der Waals surface area contributed by atoms with Crippen LogP contribution in [0.2, 0.25) is 0 Å². The lowest BCUT2D eigenvalue weighted by Crippen LogP contribution is -1.94. The molecule has 45 heavy (non-hydrogen) atoms. The molecular weight excluding hydrogens is 605 g/mol. The minimum atomic E-state index is 1.15. The summed E-state index contributed by atoms with van der Waals surface area (Å²) in [6.07, 6.45) is 7.22. The van der Waals surface area contributed by atoms with Gasteiger partial charge in [0.15, 0.2) is 0 Å². The zero-order chi connectivity index (χ0) is 30.1. The number of fused-ring (bicyclic) bond motifs is 11. The third-order valence-corrected chi connectivity index (χ3v) is 13.4. The molecule has 222 valence electrons. The highest BCUT2D eigenvalue weighted by molar-refractivity contribution is 7.43. The van der Waals surface area contributed by atoms with Crippen LogP contribution in [-0.4, -0.2) is 9.13 Å². The minimum Gasteiger partial charge on any atom is -0.307 e. The van der Waals surface area contributed by atoms with Gasteiger partial charge >= 0.3 is 0 Å². The van der Waals surface area contributed by atoms with Crippen molar-refractivity contribution in [1.29, 1.82) is 0 Å². The van der Waals surface area contributed by atoms with E-state index in [0.717, 1.165) is 12.8 Å². The molecule has 0 radical (unpaired) electrons. The van der Waals surface area contributed by atoms with Crippen LogP contribution in [-0.2, 0) is 12.8 Å². The molecule has 2 nitrogen and oxygen atoms in total. The third kappa shape index (κ3) is 4.17. The van der Waals surface area contributed by atoms with Crippen LogP contribution in [0.3, 0.4) is 0 Å². The second kappa shape index (κ2) is 10.9. The Kier molecular flexibility index (Phi) is 6.62. The predicted molar refractivity (Wildman–Crippen MR) is 201 cm³/mol. The van der Waals surface area contributed by atoms with E-state index >= 15 is 0 Å². The molecule has 9 rings (SSSR count). The smallest absolute Gasteiger partial charge is 0.0829 e. The monoisotopic (exact) mass is 638 g/mol. The Morgan fingerprint density at radius 1 is 0.444 bits per heavy atom. The number of para-hydroxylation sites is 2. The van der Waals surface area contributed by atoms with E-state index in [0.29, 0.717) is 0 Å². The van der Waals surface area contributed by atoms with Crippen LogP contribution in [0, 0.1) is 0 Å². The molecular formula is C40H34N2S3. The number of hydrogen-bond acceptors (Lipinski definition) is 3. The van der Waals surface area contributed by atoms with Crippen LogP contribution in [0.1, 0.15) is 50.7 Å². The second-order valence-corrected chi connectivity index (χ2v) is 15.3. The van der Waals surface area contributed by atoms with E-state index < -0.39 is 0 Å². The number of aromatic nitrogens is 2. The second-order valence-electron chi connectivity index (χ2n) is 12.2. The molecule has 5 heterocycles. The normalized spacial score (nSPS) is 12.3. The first-order valence-electron chi connectivity index (χ1n) is 16.2. The lowest BCUT2D eigenvalue weighted by molar-refractivity contribution is 0.795. The number of rotatable bonds is 8. The highest BCUT2D eigenvalue weighted by Gasteiger charge is 2.25. The van der Waals surface area contributed by atoms with Crippen molar-refractivity contribution >= 4 is 95.0 Å². The maximum Gasteiger partial charge on any atom is 0.0829 e. The molecule has 0 bridgehead atoms. The molecule has 0 saturated carbocycles. The maximum absolute atomic E-state index is 2.52. The molecule has 5 heteroatoms. The number of unbranched alkanes of at least 4 members (excludes halogenated alkanes) is 2. The number of thiophene rings is 3. The Hall–Kier alpha value is -3.90. The molecule has 0 atom stereocenters. The number of hydrogen-bond donors (Lipinski definition) is 0. The van der Waals surface area contributed by atoms with Gasteiger partial charge < -0.3 is 9.13 Å². The van der Waals surface area contributed by atoms with Gasteiger partial charge in [0.05, 0.1) is 50.3 Å². The Labute approximate surface area is 274 Å². The summed E-state index contributed by atoms with van der Waals surface area (Å²) in [6.45, 7) is 4.53. The van der Waals surface area contributed by atoms with E-state index in [2.05, 4.69) is 120 Å². The minimum absolute atomic E-state index is 1.15. The van der Waals surface area contributed by atoms with Crippen molar-refractivity contribution in [2.24, 2.45) is 0 Å². The first-order valence-corrected chi connectivity index (χ1v) is 18.7.